The van der Waals surface area contributed by atoms with Crippen molar-refractivity contribution in [1.29, 1.82) is 0 Å². The van der Waals surface area contributed by atoms with Gasteiger partial charge in [0.2, 0.25) is 0 Å². The van der Waals surface area contributed by atoms with Gasteiger partial charge in [-0.25, -0.2) is 4.79 Å². The summed E-state index contributed by atoms with van der Waals surface area (Å²) in [5, 5.41) is 36.7. The maximum absolute atomic E-state index is 13.0. The number of nitrogens with zero attached hydrogens (tertiary/aromatic N) is 3. The summed E-state index contributed by atoms with van der Waals surface area (Å²) in [5.41, 5.74) is 2.26. The fourth-order valence-corrected chi connectivity index (χ4v) is 3.77. The number of allylic oxidation sites excluding steroid dienone is 3. The highest BCUT2D eigenvalue weighted by atomic mass is 16.6. The molecule has 0 aliphatic heterocycles. The number of carbonyl (C=O) groups is 1. The molecule has 0 heterocycles. The van der Waals surface area contributed by atoms with E-state index in [1.54, 1.807) is 6.07 Å². The third kappa shape index (κ3) is 5.19. The number of nitro groups is 1. The minimum atomic E-state index is -0.878. The number of methoxy groups -OCH3 is 2. The molecule has 0 radical (unpaired) electrons. The number of hydrogen-bond acceptors (Lipinski definition) is 10. The van der Waals surface area contributed by atoms with Crippen molar-refractivity contribution in [1.82, 2.24) is 0 Å². The molecule has 0 saturated carbocycles. The topological polar surface area (TPSA) is 153 Å². The Morgan fingerprint density at radius 1 is 1.06 bits per heavy atom. The zero-order valence-electron chi connectivity index (χ0n) is 20.1. The Bertz CT molecular complexity index is 1290. The van der Waals surface area contributed by atoms with Gasteiger partial charge >= 0.3 is 5.97 Å². The van der Waals surface area contributed by atoms with Gasteiger partial charge < -0.3 is 24.6 Å². The van der Waals surface area contributed by atoms with Gasteiger partial charge in [-0.2, -0.15) is 0 Å². The Balaban J connectivity index is 2.16. The number of esters is 1. The number of non-ortho nitro benzene ring substituents is 1. The SMILES string of the molecule is COc1cc(C(CC=C(C)C)OC(=O)c2ccc([N+](=O)[O-])cc2)c(OC)c2c1C(=NO)C=CC2=NO. The minimum absolute atomic E-state index is 0.122. The van der Waals surface area contributed by atoms with Gasteiger partial charge in [0.15, 0.2) is 0 Å². The lowest BCUT2D eigenvalue weighted by molar-refractivity contribution is -0.384. The monoisotopic (exact) mass is 495 g/mol. The molecule has 0 spiro atoms. The molecule has 0 amide bonds. The number of fused-ring (bicyclic) bond motifs is 1. The van der Waals surface area contributed by atoms with Crippen molar-refractivity contribution in [2.75, 3.05) is 14.2 Å². The van der Waals surface area contributed by atoms with E-state index < -0.39 is 17.0 Å². The van der Waals surface area contributed by atoms with Crippen LogP contribution in [0.1, 0.15) is 53.4 Å². The largest absolute Gasteiger partial charge is 0.496 e. The fraction of sp³-hybridized carbons (Fsp3) is 0.240. The van der Waals surface area contributed by atoms with Crippen LogP contribution in [0.25, 0.3) is 0 Å². The Kier molecular flexibility index (Phi) is 8.05. The first-order valence-corrected chi connectivity index (χ1v) is 10.8. The van der Waals surface area contributed by atoms with Crippen molar-refractivity contribution < 1.29 is 34.3 Å². The highest BCUT2D eigenvalue weighted by Crippen LogP contribution is 2.42. The third-order valence-electron chi connectivity index (χ3n) is 5.47. The Labute approximate surface area is 206 Å². The van der Waals surface area contributed by atoms with Crippen molar-refractivity contribution in [2.45, 2.75) is 26.4 Å². The van der Waals surface area contributed by atoms with Crippen molar-refractivity contribution in [3.63, 3.8) is 0 Å². The molecule has 11 nitrogen and oxygen atoms in total. The number of hydrogen-bond donors (Lipinski definition) is 2. The number of rotatable bonds is 8. The molecular weight excluding hydrogens is 470 g/mol. The van der Waals surface area contributed by atoms with E-state index >= 15 is 0 Å². The van der Waals surface area contributed by atoms with Crippen LogP contribution in [0.15, 0.2) is 64.4 Å². The lowest BCUT2D eigenvalue weighted by atomic mass is 9.88. The first-order valence-electron chi connectivity index (χ1n) is 10.8. The predicted octanol–water partition coefficient (Wildman–Crippen LogP) is 4.79. The molecular formula is C25H25N3O8. The van der Waals surface area contributed by atoms with Gasteiger partial charge in [0.1, 0.15) is 29.0 Å². The standard InChI is InChI=1S/C25H25N3O8/c1-14(2)5-12-20(36-25(29)15-6-8-16(9-7-15)28(32)33)17-13-21(34-3)22-18(26-30)10-11-19(27-31)23(22)24(17)35-4/h5-11,13,20,30-31H,12H2,1-4H3. The summed E-state index contributed by atoms with van der Waals surface area (Å²) in [6, 6.07) is 6.67. The summed E-state index contributed by atoms with van der Waals surface area (Å²) in [6.07, 6.45) is 4.16. The molecule has 2 aromatic rings. The van der Waals surface area contributed by atoms with Crippen LogP contribution in [-0.4, -0.2) is 47.0 Å². The van der Waals surface area contributed by atoms with Crippen LogP contribution >= 0.6 is 0 Å². The second kappa shape index (κ2) is 11.2. The normalized spacial score (nSPS) is 15.2. The molecule has 0 fully saturated rings. The van der Waals surface area contributed by atoms with E-state index in [0.29, 0.717) is 16.7 Å². The second-order valence-electron chi connectivity index (χ2n) is 7.97. The fourth-order valence-electron chi connectivity index (χ4n) is 3.77. The lowest BCUT2D eigenvalue weighted by Crippen LogP contribution is -2.20. The summed E-state index contributed by atoms with van der Waals surface area (Å²) in [4.78, 5) is 23.4. The Morgan fingerprint density at radius 3 is 2.17 bits per heavy atom. The maximum Gasteiger partial charge on any atom is 0.338 e. The van der Waals surface area contributed by atoms with E-state index in [4.69, 9.17) is 14.2 Å². The number of ether oxygens (including phenoxy) is 3. The summed E-state index contributed by atoms with van der Waals surface area (Å²) >= 11 is 0. The van der Waals surface area contributed by atoms with Gasteiger partial charge in [-0.05, 0) is 44.2 Å². The van der Waals surface area contributed by atoms with Crippen molar-refractivity contribution >= 4 is 23.1 Å². The van der Waals surface area contributed by atoms with Gasteiger partial charge in [-0.1, -0.05) is 22.0 Å². The lowest BCUT2D eigenvalue weighted by Gasteiger charge is -2.26. The van der Waals surface area contributed by atoms with E-state index in [1.165, 1.54) is 50.6 Å². The molecule has 2 N–H and O–H groups in total. The number of benzene rings is 2. The van der Waals surface area contributed by atoms with Crippen LogP contribution in [0.5, 0.6) is 11.5 Å². The molecule has 0 aromatic heterocycles. The predicted molar refractivity (Wildman–Crippen MR) is 131 cm³/mol. The van der Waals surface area contributed by atoms with Crippen LogP contribution in [0.2, 0.25) is 0 Å². The highest BCUT2D eigenvalue weighted by molar-refractivity contribution is 6.27. The maximum atomic E-state index is 13.0. The van der Waals surface area contributed by atoms with Crippen LogP contribution in [0.3, 0.4) is 0 Å². The number of carbonyl (C=O) groups excluding carboxylic acids is 1. The summed E-state index contributed by atoms with van der Waals surface area (Å²) in [7, 11) is 2.83. The summed E-state index contributed by atoms with van der Waals surface area (Å²) < 4.78 is 17.1. The van der Waals surface area contributed by atoms with Gasteiger partial charge in [-0.3, -0.25) is 10.1 Å². The zero-order valence-corrected chi connectivity index (χ0v) is 20.1. The molecule has 1 aliphatic carbocycles. The zero-order chi connectivity index (χ0) is 26.4. The van der Waals surface area contributed by atoms with E-state index in [0.717, 1.165) is 5.57 Å². The molecule has 36 heavy (non-hydrogen) atoms. The smallest absolute Gasteiger partial charge is 0.338 e. The molecule has 188 valence electrons. The Morgan fingerprint density at radius 2 is 1.67 bits per heavy atom. The quantitative estimate of drug-likeness (QED) is 0.174. The van der Waals surface area contributed by atoms with Gasteiger partial charge in [-0.15, -0.1) is 0 Å². The van der Waals surface area contributed by atoms with Crippen LogP contribution in [0.4, 0.5) is 5.69 Å². The van der Waals surface area contributed by atoms with Crippen LogP contribution in [0, 0.1) is 10.1 Å². The van der Waals surface area contributed by atoms with Crippen molar-refractivity contribution in [2.24, 2.45) is 10.3 Å². The molecule has 2 aromatic carbocycles. The molecule has 1 atom stereocenters. The van der Waals surface area contributed by atoms with E-state index in [9.17, 15) is 25.3 Å². The van der Waals surface area contributed by atoms with Gasteiger partial charge in [0, 0.05) is 24.1 Å². The van der Waals surface area contributed by atoms with Crippen molar-refractivity contribution in [3.8, 4) is 11.5 Å². The molecule has 11 heteroatoms. The third-order valence-corrected chi connectivity index (χ3v) is 5.47. The molecule has 3 rings (SSSR count). The van der Waals surface area contributed by atoms with Crippen LogP contribution < -0.4 is 9.47 Å². The minimum Gasteiger partial charge on any atom is -0.496 e. The van der Waals surface area contributed by atoms with E-state index in [-0.39, 0.29) is 40.6 Å². The molecule has 1 aliphatic rings. The van der Waals surface area contributed by atoms with Crippen molar-refractivity contribution in [3.05, 3.63) is 86.5 Å². The average Bonchev–Trinajstić information content (AvgIpc) is 2.89. The highest BCUT2D eigenvalue weighted by Gasteiger charge is 2.32. The number of nitro benzene ring substituents is 1. The van der Waals surface area contributed by atoms with Gasteiger partial charge in [0.05, 0.1) is 35.8 Å². The first-order chi connectivity index (χ1) is 17.2. The van der Waals surface area contributed by atoms with Gasteiger partial charge in [0.25, 0.3) is 5.69 Å². The van der Waals surface area contributed by atoms with Crippen LogP contribution in [-0.2, 0) is 4.74 Å². The first kappa shape index (κ1) is 25.9. The molecule has 0 bridgehead atoms. The molecule has 0 saturated heterocycles. The Hall–Kier alpha value is -4.67. The second-order valence-corrected chi connectivity index (χ2v) is 7.97. The van der Waals surface area contributed by atoms with E-state index in [1.807, 2.05) is 19.9 Å². The number of oxime groups is 2. The summed E-state index contributed by atoms with van der Waals surface area (Å²) in [6.45, 7) is 3.79. The summed E-state index contributed by atoms with van der Waals surface area (Å²) in [5.74, 6) is -0.204. The van der Waals surface area contributed by atoms with E-state index in [2.05, 4.69) is 10.3 Å². The average molecular weight is 495 g/mol. The molecule has 1 unspecified atom stereocenters.